The summed E-state index contributed by atoms with van der Waals surface area (Å²) in [7, 11) is -3.37. The summed E-state index contributed by atoms with van der Waals surface area (Å²) in [5.41, 5.74) is 0. The van der Waals surface area contributed by atoms with E-state index in [-0.39, 0.29) is 12.6 Å². The van der Waals surface area contributed by atoms with Crippen LogP contribution in [0, 0.1) is 0 Å². The van der Waals surface area contributed by atoms with Crippen LogP contribution in [-0.4, -0.2) is 32.2 Å². The third kappa shape index (κ3) is 4.01. The van der Waals surface area contributed by atoms with Crippen molar-refractivity contribution in [3.8, 4) is 0 Å². The van der Waals surface area contributed by atoms with Gasteiger partial charge in [-0.2, -0.15) is 17.9 Å². The van der Waals surface area contributed by atoms with E-state index in [1.807, 2.05) is 0 Å². The second-order valence-electron chi connectivity index (χ2n) is 3.09. The Labute approximate surface area is 72.3 Å². The fourth-order valence-electron chi connectivity index (χ4n) is 0.693. The van der Waals surface area contributed by atoms with Gasteiger partial charge in [0, 0.05) is 12.6 Å². The van der Waals surface area contributed by atoms with Crippen molar-refractivity contribution in [1.29, 1.82) is 0 Å². The maximum absolute atomic E-state index is 11.1. The molecule has 6 heteroatoms. The van der Waals surface area contributed by atoms with Crippen molar-refractivity contribution in [3.63, 3.8) is 0 Å². The number of hydrogen-bond donors (Lipinski definition) is 3. The molecule has 0 radical (unpaired) electrons. The highest BCUT2D eigenvalue weighted by Gasteiger charge is 2.26. The average Bonchev–Trinajstić information content (AvgIpc) is 2.67. The van der Waals surface area contributed by atoms with E-state index in [0.717, 1.165) is 12.8 Å². The average molecular weight is 194 g/mol. The minimum absolute atomic E-state index is 0.0576. The molecule has 0 aromatic heterocycles. The molecule has 1 aliphatic carbocycles. The van der Waals surface area contributed by atoms with Crippen LogP contribution in [0.1, 0.15) is 19.8 Å². The predicted octanol–water partition coefficient (Wildman–Crippen LogP) is -1.05. The number of hydrogen-bond acceptors (Lipinski definition) is 3. The van der Waals surface area contributed by atoms with Gasteiger partial charge in [-0.25, -0.2) is 0 Å². The maximum Gasteiger partial charge on any atom is 0.277 e. The van der Waals surface area contributed by atoms with E-state index in [0.29, 0.717) is 0 Å². The summed E-state index contributed by atoms with van der Waals surface area (Å²) in [4.78, 5) is 0. The predicted molar refractivity (Wildman–Crippen MR) is 44.8 cm³/mol. The van der Waals surface area contributed by atoms with Crippen LogP contribution in [0.3, 0.4) is 0 Å². The van der Waals surface area contributed by atoms with Crippen molar-refractivity contribution in [3.05, 3.63) is 0 Å². The van der Waals surface area contributed by atoms with E-state index < -0.39 is 16.3 Å². The van der Waals surface area contributed by atoms with Crippen molar-refractivity contribution in [2.24, 2.45) is 0 Å². The molecule has 1 rings (SSSR count). The summed E-state index contributed by atoms with van der Waals surface area (Å²) in [5.74, 6) is 0. The van der Waals surface area contributed by atoms with Crippen LogP contribution in [0.4, 0.5) is 0 Å². The minimum Gasteiger partial charge on any atom is -0.392 e. The molecule has 0 aromatic rings. The molecule has 0 bridgehead atoms. The van der Waals surface area contributed by atoms with Crippen LogP contribution < -0.4 is 9.44 Å². The van der Waals surface area contributed by atoms with Crippen LogP contribution in [-0.2, 0) is 10.2 Å². The summed E-state index contributed by atoms with van der Waals surface area (Å²) in [6.45, 7) is 1.59. The third-order valence-electron chi connectivity index (χ3n) is 1.47. The van der Waals surface area contributed by atoms with Gasteiger partial charge in [0.05, 0.1) is 6.10 Å². The van der Waals surface area contributed by atoms with Gasteiger partial charge in [0.25, 0.3) is 10.2 Å². The quantitative estimate of drug-likeness (QED) is 0.523. The lowest BCUT2D eigenvalue weighted by Crippen LogP contribution is -2.40. The normalized spacial score (nSPS) is 20.8. The number of nitrogens with one attached hydrogen (secondary N) is 2. The molecule has 0 spiro atoms. The molecule has 0 aromatic carbocycles. The topological polar surface area (TPSA) is 78.4 Å². The molecular weight excluding hydrogens is 180 g/mol. The Balaban J connectivity index is 2.27. The van der Waals surface area contributed by atoms with E-state index >= 15 is 0 Å². The van der Waals surface area contributed by atoms with E-state index in [1.54, 1.807) is 0 Å². The fourth-order valence-corrected chi connectivity index (χ4v) is 1.91. The van der Waals surface area contributed by atoms with Gasteiger partial charge in [0.15, 0.2) is 0 Å². The number of rotatable bonds is 5. The Morgan fingerprint density at radius 2 is 2.17 bits per heavy atom. The fraction of sp³-hybridized carbons (Fsp3) is 1.00. The first-order valence-electron chi connectivity index (χ1n) is 3.94. The lowest BCUT2D eigenvalue weighted by atomic mass is 10.4. The summed E-state index contributed by atoms with van der Waals surface area (Å²) in [5, 5.41) is 8.81. The molecule has 0 saturated heterocycles. The molecule has 1 aliphatic rings. The highest BCUT2D eigenvalue weighted by Crippen LogP contribution is 2.19. The Bertz CT molecular complexity index is 233. The van der Waals surface area contributed by atoms with Crippen molar-refractivity contribution >= 4 is 10.2 Å². The molecule has 72 valence electrons. The highest BCUT2D eigenvalue weighted by molar-refractivity contribution is 7.87. The van der Waals surface area contributed by atoms with Gasteiger partial charge in [0.2, 0.25) is 0 Å². The molecule has 1 fully saturated rings. The third-order valence-corrected chi connectivity index (χ3v) is 2.66. The Morgan fingerprint density at radius 3 is 2.58 bits per heavy atom. The van der Waals surface area contributed by atoms with E-state index in [2.05, 4.69) is 9.44 Å². The Hall–Kier alpha value is -0.170. The lowest BCUT2D eigenvalue weighted by Gasteiger charge is -2.08. The second kappa shape index (κ2) is 3.69. The second-order valence-corrected chi connectivity index (χ2v) is 4.62. The van der Waals surface area contributed by atoms with E-state index in [9.17, 15) is 8.42 Å². The van der Waals surface area contributed by atoms with Crippen LogP contribution in [0.25, 0.3) is 0 Å². The zero-order valence-corrected chi connectivity index (χ0v) is 7.76. The number of aliphatic hydroxyl groups is 1. The van der Waals surface area contributed by atoms with Crippen molar-refractivity contribution in [2.45, 2.75) is 31.9 Å². The van der Waals surface area contributed by atoms with E-state index in [4.69, 9.17) is 5.11 Å². The molecule has 0 aliphatic heterocycles. The van der Waals surface area contributed by atoms with Gasteiger partial charge in [-0.3, -0.25) is 0 Å². The Kier molecular flexibility index (Phi) is 3.05. The smallest absolute Gasteiger partial charge is 0.277 e. The standard InChI is InChI=1S/C6H14N2O3S/c1-5(9)4-7-12(10,11)8-6-2-3-6/h5-9H,2-4H2,1H3/t5-/m0/s1. The molecule has 0 amide bonds. The van der Waals surface area contributed by atoms with Crippen LogP contribution >= 0.6 is 0 Å². The van der Waals surface area contributed by atoms with Gasteiger partial charge in [0.1, 0.15) is 0 Å². The van der Waals surface area contributed by atoms with Crippen LogP contribution in [0.15, 0.2) is 0 Å². The monoisotopic (exact) mass is 194 g/mol. The lowest BCUT2D eigenvalue weighted by molar-refractivity contribution is 0.198. The zero-order valence-electron chi connectivity index (χ0n) is 6.95. The summed E-state index contributed by atoms with van der Waals surface area (Å²) < 4.78 is 26.8. The first-order valence-corrected chi connectivity index (χ1v) is 5.43. The SMILES string of the molecule is C[C@H](O)CNS(=O)(=O)NC1CC1. The molecule has 1 atom stereocenters. The first-order chi connectivity index (χ1) is 5.49. The van der Waals surface area contributed by atoms with E-state index in [1.165, 1.54) is 6.92 Å². The Morgan fingerprint density at radius 1 is 1.58 bits per heavy atom. The van der Waals surface area contributed by atoms with Gasteiger partial charge in [-0.1, -0.05) is 0 Å². The van der Waals surface area contributed by atoms with Crippen molar-refractivity contribution in [1.82, 2.24) is 9.44 Å². The van der Waals surface area contributed by atoms with Gasteiger partial charge >= 0.3 is 0 Å². The molecule has 1 saturated carbocycles. The molecule has 3 N–H and O–H groups in total. The summed E-state index contributed by atoms with van der Waals surface area (Å²) in [6.07, 6.45) is 1.17. The van der Waals surface area contributed by atoms with Crippen molar-refractivity contribution < 1.29 is 13.5 Å². The van der Waals surface area contributed by atoms with Crippen LogP contribution in [0.5, 0.6) is 0 Å². The first kappa shape index (κ1) is 9.91. The molecule has 12 heavy (non-hydrogen) atoms. The molecule has 0 unspecified atom stereocenters. The largest absolute Gasteiger partial charge is 0.392 e. The molecular formula is C6H14N2O3S. The highest BCUT2D eigenvalue weighted by atomic mass is 32.2. The summed E-state index contributed by atoms with van der Waals surface area (Å²) >= 11 is 0. The van der Waals surface area contributed by atoms with Crippen LogP contribution in [0.2, 0.25) is 0 Å². The van der Waals surface area contributed by atoms with Gasteiger partial charge in [-0.05, 0) is 19.8 Å². The zero-order chi connectivity index (χ0) is 9.19. The van der Waals surface area contributed by atoms with Gasteiger partial charge < -0.3 is 5.11 Å². The van der Waals surface area contributed by atoms with Gasteiger partial charge in [-0.15, -0.1) is 0 Å². The van der Waals surface area contributed by atoms with Crippen molar-refractivity contribution in [2.75, 3.05) is 6.54 Å². The number of aliphatic hydroxyl groups excluding tert-OH is 1. The molecule has 0 heterocycles. The maximum atomic E-state index is 11.1. The minimum atomic E-state index is -3.37. The summed E-state index contributed by atoms with van der Waals surface area (Å²) in [6, 6.07) is 0.108. The molecule has 5 nitrogen and oxygen atoms in total.